The maximum Gasteiger partial charge on any atom is 0.270 e. The smallest absolute Gasteiger partial charge is 0.270 e. The molecule has 0 radical (unpaired) electrons. The van der Waals surface area contributed by atoms with Crippen LogP contribution in [0.1, 0.15) is 25.0 Å². The SMILES string of the molecule is Cc1ccc(C)c(N(C(=O)C(C)C)S(=O)(=O)c2ccc(Cl)cc2)c1. The van der Waals surface area contributed by atoms with Crippen LogP contribution in [0.3, 0.4) is 0 Å². The van der Waals surface area contributed by atoms with E-state index in [1.54, 1.807) is 26.8 Å². The fraction of sp³-hybridized carbons (Fsp3) is 0.278. The van der Waals surface area contributed by atoms with Crippen LogP contribution in [-0.2, 0) is 14.8 Å². The van der Waals surface area contributed by atoms with Gasteiger partial charge in [0, 0.05) is 10.9 Å². The lowest BCUT2D eigenvalue weighted by Crippen LogP contribution is -2.40. The van der Waals surface area contributed by atoms with Crippen LogP contribution >= 0.6 is 11.6 Å². The van der Waals surface area contributed by atoms with Gasteiger partial charge in [-0.25, -0.2) is 12.7 Å². The van der Waals surface area contributed by atoms with Gasteiger partial charge < -0.3 is 0 Å². The predicted molar refractivity (Wildman–Crippen MR) is 96.9 cm³/mol. The number of anilines is 1. The molecule has 0 aromatic heterocycles. The van der Waals surface area contributed by atoms with Crippen molar-refractivity contribution in [2.75, 3.05) is 4.31 Å². The van der Waals surface area contributed by atoms with Gasteiger partial charge in [0.2, 0.25) is 5.91 Å². The van der Waals surface area contributed by atoms with Gasteiger partial charge >= 0.3 is 0 Å². The van der Waals surface area contributed by atoms with Gasteiger partial charge in [0.15, 0.2) is 0 Å². The highest BCUT2D eigenvalue weighted by Crippen LogP contribution is 2.30. The van der Waals surface area contributed by atoms with Crippen molar-refractivity contribution in [2.24, 2.45) is 5.92 Å². The van der Waals surface area contributed by atoms with Crippen LogP contribution in [0.4, 0.5) is 5.69 Å². The summed E-state index contributed by atoms with van der Waals surface area (Å²) in [5.41, 5.74) is 1.97. The van der Waals surface area contributed by atoms with Crippen LogP contribution in [0.15, 0.2) is 47.4 Å². The van der Waals surface area contributed by atoms with Crippen molar-refractivity contribution in [3.05, 3.63) is 58.6 Å². The molecule has 0 bridgehead atoms. The second-order valence-electron chi connectivity index (χ2n) is 6.01. The average molecular weight is 366 g/mol. The van der Waals surface area contributed by atoms with Crippen molar-refractivity contribution in [1.82, 2.24) is 0 Å². The van der Waals surface area contributed by atoms with Gasteiger partial charge in [-0.15, -0.1) is 0 Å². The lowest BCUT2D eigenvalue weighted by Gasteiger charge is -2.26. The van der Waals surface area contributed by atoms with Crippen molar-refractivity contribution in [3.8, 4) is 0 Å². The fourth-order valence-electron chi connectivity index (χ4n) is 2.25. The Labute approximate surface area is 148 Å². The summed E-state index contributed by atoms with van der Waals surface area (Å²) in [4.78, 5) is 12.7. The number of aryl methyl sites for hydroxylation is 2. The molecule has 24 heavy (non-hydrogen) atoms. The van der Waals surface area contributed by atoms with E-state index in [0.29, 0.717) is 16.3 Å². The number of halogens is 1. The van der Waals surface area contributed by atoms with E-state index in [9.17, 15) is 13.2 Å². The summed E-state index contributed by atoms with van der Waals surface area (Å²) < 4.78 is 27.1. The molecule has 0 spiro atoms. The second-order valence-corrected chi connectivity index (χ2v) is 8.23. The Kier molecular flexibility index (Phi) is 5.35. The van der Waals surface area contributed by atoms with Crippen molar-refractivity contribution in [1.29, 1.82) is 0 Å². The van der Waals surface area contributed by atoms with E-state index in [4.69, 9.17) is 11.6 Å². The standard InChI is InChI=1S/C18H20ClNO3S/c1-12(2)18(21)20(17-11-13(3)5-6-14(17)4)24(22,23)16-9-7-15(19)8-10-16/h5-12H,1-4H3. The second kappa shape index (κ2) is 6.95. The minimum absolute atomic E-state index is 0.0295. The molecular weight excluding hydrogens is 346 g/mol. The highest BCUT2D eigenvalue weighted by atomic mass is 35.5. The van der Waals surface area contributed by atoms with Crippen molar-refractivity contribution >= 4 is 33.2 Å². The average Bonchev–Trinajstić information content (AvgIpc) is 2.51. The first-order valence-electron chi connectivity index (χ1n) is 7.56. The molecule has 1 amide bonds. The molecule has 2 aromatic rings. The number of hydrogen-bond donors (Lipinski definition) is 0. The van der Waals surface area contributed by atoms with E-state index in [2.05, 4.69) is 0 Å². The molecule has 0 saturated heterocycles. The van der Waals surface area contributed by atoms with Gasteiger partial charge in [-0.1, -0.05) is 37.6 Å². The predicted octanol–water partition coefficient (Wildman–Crippen LogP) is 4.33. The third-order valence-electron chi connectivity index (χ3n) is 3.63. The molecule has 0 aliphatic rings. The van der Waals surface area contributed by atoms with Gasteiger partial charge in [0.25, 0.3) is 10.0 Å². The molecule has 128 valence electrons. The Bertz CT molecular complexity index is 858. The molecule has 0 aliphatic heterocycles. The summed E-state index contributed by atoms with van der Waals surface area (Å²) in [6.45, 7) is 7.00. The molecule has 0 N–H and O–H groups in total. The number of rotatable bonds is 4. The van der Waals surface area contributed by atoms with Crippen LogP contribution in [0.5, 0.6) is 0 Å². The molecule has 6 heteroatoms. The Morgan fingerprint density at radius 3 is 2.17 bits per heavy atom. The van der Waals surface area contributed by atoms with E-state index in [1.807, 2.05) is 19.1 Å². The normalized spacial score (nSPS) is 11.6. The lowest BCUT2D eigenvalue weighted by molar-refractivity contribution is -0.120. The van der Waals surface area contributed by atoms with Crippen molar-refractivity contribution < 1.29 is 13.2 Å². The van der Waals surface area contributed by atoms with Crippen LogP contribution in [-0.4, -0.2) is 14.3 Å². The monoisotopic (exact) mass is 365 g/mol. The zero-order valence-corrected chi connectivity index (χ0v) is 15.6. The summed E-state index contributed by atoms with van der Waals surface area (Å²) in [6, 6.07) is 11.2. The highest BCUT2D eigenvalue weighted by Gasteiger charge is 2.33. The molecule has 2 aromatic carbocycles. The van der Waals surface area contributed by atoms with E-state index in [-0.39, 0.29) is 4.90 Å². The van der Waals surface area contributed by atoms with Gasteiger partial charge in [-0.3, -0.25) is 4.79 Å². The maximum absolute atomic E-state index is 13.1. The third-order valence-corrected chi connectivity index (χ3v) is 5.61. The summed E-state index contributed by atoms with van der Waals surface area (Å²) >= 11 is 5.84. The number of nitrogens with zero attached hydrogens (tertiary/aromatic N) is 1. The minimum atomic E-state index is -4.03. The van der Waals surface area contributed by atoms with Gasteiger partial charge in [-0.2, -0.15) is 0 Å². The molecule has 0 unspecified atom stereocenters. The quantitative estimate of drug-likeness (QED) is 0.810. The first-order valence-corrected chi connectivity index (χ1v) is 9.38. The van der Waals surface area contributed by atoms with E-state index in [0.717, 1.165) is 9.87 Å². The molecule has 0 fully saturated rings. The summed E-state index contributed by atoms with van der Waals surface area (Å²) in [5.74, 6) is -0.939. The number of amides is 1. The maximum atomic E-state index is 13.1. The van der Waals surface area contributed by atoms with Crippen LogP contribution < -0.4 is 4.31 Å². The summed E-state index contributed by atoms with van der Waals surface area (Å²) in [7, 11) is -4.03. The Hall–Kier alpha value is -1.85. The van der Waals surface area contributed by atoms with Crippen LogP contribution in [0.25, 0.3) is 0 Å². The Balaban J connectivity index is 2.69. The van der Waals surface area contributed by atoms with E-state index in [1.165, 1.54) is 24.3 Å². The zero-order chi connectivity index (χ0) is 18.1. The molecular formula is C18H20ClNO3S. The topological polar surface area (TPSA) is 54.5 Å². The summed E-state index contributed by atoms with van der Waals surface area (Å²) in [5, 5.41) is 0.433. The molecule has 2 rings (SSSR count). The Morgan fingerprint density at radius 2 is 1.62 bits per heavy atom. The highest BCUT2D eigenvalue weighted by molar-refractivity contribution is 7.93. The van der Waals surface area contributed by atoms with Crippen LogP contribution in [0, 0.1) is 19.8 Å². The first kappa shape index (κ1) is 18.5. The van der Waals surface area contributed by atoms with Gasteiger partial charge in [0.1, 0.15) is 0 Å². The third kappa shape index (κ3) is 3.62. The number of hydrogen-bond acceptors (Lipinski definition) is 3. The van der Waals surface area contributed by atoms with Gasteiger partial charge in [0.05, 0.1) is 10.6 Å². The number of sulfonamides is 1. The van der Waals surface area contributed by atoms with Crippen molar-refractivity contribution in [2.45, 2.75) is 32.6 Å². The first-order chi connectivity index (χ1) is 11.1. The van der Waals surface area contributed by atoms with Gasteiger partial charge in [-0.05, 0) is 55.3 Å². The molecule has 0 atom stereocenters. The van der Waals surface area contributed by atoms with E-state index < -0.39 is 21.8 Å². The fourth-order valence-corrected chi connectivity index (χ4v) is 3.97. The lowest BCUT2D eigenvalue weighted by atomic mass is 10.1. The zero-order valence-electron chi connectivity index (χ0n) is 14.1. The molecule has 0 heterocycles. The number of benzene rings is 2. The Morgan fingerprint density at radius 1 is 1.04 bits per heavy atom. The number of carbonyl (C=O) groups is 1. The largest absolute Gasteiger partial charge is 0.273 e. The number of carbonyl (C=O) groups excluding carboxylic acids is 1. The minimum Gasteiger partial charge on any atom is -0.273 e. The summed E-state index contributed by atoms with van der Waals surface area (Å²) in [6.07, 6.45) is 0. The molecule has 0 aliphatic carbocycles. The van der Waals surface area contributed by atoms with Crippen molar-refractivity contribution in [3.63, 3.8) is 0 Å². The van der Waals surface area contributed by atoms with Crippen LogP contribution in [0.2, 0.25) is 5.02 Å². The molecule has 4 nitrogen and oxygen atoms in total. The van der Waals surface area contributed by atoms with E-state index >= 15 is 0 Å². The molecule has 0 saturated carbocycles.